The second-order valence-corrected chi connectivity index (χ2v) is 3.68. The predicted octanol–water partition coefficient (Wildman–Crippen LogP) is 1.08. The molecule has 15 heavy (non-hydrogen) atoms. The summed E-state index contributed by atoms with van der Waals surface area (Å²) >= 11 is 0. The number of pyridine rings is 1. The predicted molar refractivity (Wildman–Crippen MR) is 58.2 cm³/mol. The number of carbonyl (C=O) groups is 1. The van der Waals surface area contributed by atoms with Gasteiger partial charge in [0.15, 0.2) is 5.78 Å². The zero-order chi connectivity index (χ0) is 11.2. The summed E-state index contributed by atoms with van der Waals surface area (Å²) in [6.07, 6.45) is 1.70. The van der Waals surface area contributed by atoms with Crippen LogP contribution in [0, 0.1) is 0 Å². The van der Waals surface area contributed by atoms with E-state index in [0.717, 1.165) is 5.39 Å². The molecule has 0 spiro atoms. The number of nitrogens with zero attached hydrogens (tertiary/aromatic N) is 2. The lowest BCUT2D eigenvalue weighted by atomic mass is 10.3. The molecule has 2 rings (SSSR count). The van der Waals surface area contributed by atoms with Crippen LogP contribution < -0.4 is 5.56 Å². The Kier molecular flexibility index (Phi) is 2.00. The van der Waals surface area contributed by atoms with Crippen LogP contribution in [0.2, 0.25) is 0 Å². The van der Waals surface area contributed by atoms with E-state index in [4.69, 9.17) is 0 Å². The Morgan fingerprint density at radius 1 is 1.33 bits per heavy atom. The number of hydrogen-bond donors (Lipinski definition) is 0. The molecule has 2 aromatic rings. The van der Waals surface area contributed by atoms with Crippen molar-refractivity contribution in [1.29, 1.82) is 0 Å². The smallest absolute Gasteiger partial charge is 0.274 e. The Morgan fingerprint density at radius 3 is 2.60 bits per heavy atom. The van der Waals surface area contributed by atoms with Crippen molar-refractivity contribution in [1.82, 2.24) is 9.13 Å². The molecule has 0 bridgehead atoms. The van der Waals surface area contributed by atoms with Crippen molar-refractivity contribution in [3.8, 4) is 0 Å². The van der Waals surface area contributed by atoms with Crippen LogP contribution in [0.1, 0.15) is 17.4 Å². The molecule has 0 aliphatic carbocycles. The van der Waals surface area contributed by atoms with E-state index in [-0.39, 0.29) is 11.3 Å². The molecule has 0 atom stereocenters. The third-order valence-electron chi connectivity index (χ3n) is 2.62. The number of fused-ring (bicyclic) bond motifs is 1. The highest BCUT2D eigenvalue weighted by Crippen LogP contribution is 2.15. The monoisotopic (exact) mass is 204 g/mol. The zero-order valence-electron chi connectivity index (χ0n) is 8.94. The summed E-state index contributed by atoms with van der Waals surface area (Å²) < 4.78 is 3.16. The number of carbonyl (C=O) groups excluding carboxylic acids is 1. The van der Waals surface area contributed by atoms with E-state index in [9.17, 15) is 9.59 Å². The lowest BCUT2D eigenvalue weighted by Gasteiger charge is -2.00. The Hall–Kier alpha value is -1.84. The fraction of sp³-hybridized carbons (Fsp3) is 0.273. The molecule has 0 N–H and O–H groups in total. The van der Waals surface area contributed by atoms with Gasteiger partial charge in [-0.15, -0.1) is 0 Å². The van der Waals surface area contributed by atoms with Gasteiger partial charge in [-0.25, -0.2) is 0 Å². The molecule has 0 amide bonds. The van der Waals surface area contributed by atoms with Gasteiger partial charge in [-0.05, 0) is 12.1 Å². The summed E-state index contributed by atoms with van der Waals surface area (Å²) in [6.45, 7) is 1.50. The molecule has 78 valence electrons. The molecule has 2 aromatic heterocycles. The molecule has 0 aliphatic heterocycles. The second-order valence-electron chi connectivity index (χ2n) is 3.68. The fourth-order valence-corrected chi connectivity index (χ4v) is 1.79. The van der Waals surface area contributed by atoms with Gasteiger partial charge >= 0.3 is 0 Å². The van der Waals surface area contributed by atoms with Gasteiger partial charge in [0, 0.05) is 32.6 Å². The summed E-state index contributed by atoms with van der Waals surface area (Å²) in [5, 5.41) is 0.811. The summed E-state index contributed by atoms with van der Waals surface area (Å²) in [4.78, 5) is 23.1. The number of hydrogen-bond acceptors (Lipinski definition) is 2. The van der Waals surface area contributed by atoms with Gasteiger partial charge < -0.3 is 9.13 Å². The highest BCUT2D eigenvalue weighted by atomic mass is 16.1. The second kappa shape index (κ2) is 3.08. The Bertz CT molecular complexity index is 605. The highest BCUT2D eigenvalue weighted by molar-refractivity contribution is 5.98. The first-order chi connectivity index (χ1) is 7.02. The van der Waals surface area contributed by atoms with Gasteiger partial charge in [0.05, 0.1) is 5.69 Å². The molecular weight excluding hydrogens is 192 g/mol. The molecule has 4 heteroatoms. The van der Waals surface area contributed by atoms with Gasteiger partial charge in [-0.1, -0.05) is 0 Å². The average Bonchev–Trinajstić information content (AvgIpc) is 2.50. The third kappa shape index (κ3) is 1.29. The maximum absolute atomic E-state index is 11.8. The molecule has 4 nitrogen and oxygen atoms in total. The van der Waals surface area contributed by atoms with Crippen molar-refractivity contribution in [3.05, 3.63) is 34.4 Å². The molecule has 0 aliphatic rings. The summed E-state index contributed by atoms with van der Waals surface area (Å²) in [7, 11) is 3.43. The summed E-state index contributed by atoms with van der Waals surface area (Å²) in [6, 6.07) is 3.59. The lowest BCUT2D eigenvalue weighted by molar-refractivity contribution is 0.101. The van der Waals surface area contributed by atoms with E-state index >= 15 is 0 Å². The fourth-order valence-electron chi connectivity index (χ4n) is 1.79. The standard InChI is InChI=1S/C11H12N2O2/c1-7(14)9-6-8-4-5-12(2)11(15)10(8)13(9)3/h4-6H,1-3H3. The molecule has 2 heterocycles. The first-order valence-electron chi connectivity index (χ1n) is 4.68. The molecule has 0 aromatic carbocycles. The van der Waals surface area contributed by atoms with Crippen molar-refractivity contribution in [2.24, 2.45) is 14.1 Å². The highest BCUT2D eigenvalue weighted by Gasteiger charge is 2.12. The minimum absolute atomic E-state index is 0.0317. The van der Waals surface area contributed by atoms with Crippen molar-refractivity contribution >= 4 is 16.7 Å². The maximum atomic E-state index is 11.8. The Morgan fingerprint density at radius 2 is 2.00 bits per heavy atom. The van der Waals surface area contributed by atoms with Crippen molar-refractivity contribution in [3.63, 3.8) is 0 Å². The largest absolute Gasteiger partial charge is 0.337 e. The number of ketones is 1. The Balaban J connectivity index is 2.96. The summed E-state index contributed by atoms with van der Waals surface area (Å²) in [5.41, 5.74) is 1.06. The normalized spacial score (nSPS) is 10.9. The van der Waals surface area contributed by atoms with E-state index in [0.29, 0.717) is 11.2 Å². The van der Waals surface area contributed by atoms with Crippen molar-refractivity contribution in [2.75, 3.05) is 0 Å². The third-order valence-corrected chi connectivity index (χ3v) is 2.62. The van der Waals surface area contributed by atoms with Crippen LogP contribution in [0.5, 0.6) is 0 Å². The molecule has 0 fully saturated rings. The van der Waals surface area contributed by atoms with Crippen LogP contribution in [-0.2, 0) is 14.1 Å². The number of aromatic nitrogens is 2. The minimum Gasteiger partial charge on any atom is -0.337 e. The average molecular weight is 204 g/mol. The van der Waals surface area contributed by atoms with Gasteiger partial charge in [0.2, 0.25) is 0 Å². The van der Waals surface area contributed by atoms with Crippen molar-refractivity contribution < 1.29 is 4.79 Å². The molecular formula is C11H12N2O2. The first-order valence-corrected chi connectivity index (χ1v) is 4.68. The zero-order valence-corrected chi connectivity index (χ0v) is 8.94. The molecule has 0 unspecified atom stereocenters. The van der Waals surface area contributed by atoms with E-state index in [1.807, 2.05) is 6.07 Å². The van der Waals surface area contributed by atoms with Crippen LogP contribution in [0.25, 0.3) is 10.9 Å². The molecule has 0 saturated carbocycles. The lowest BCUT2D eigenvalue weighted by Crippen LogP contribution is -2.18. The number of rotatable bonds is 1. The van der Waals surface area contributed by atoms with E-state index in [1.165, 1.54) is 11.5 Å². The van der Waals surface area contributed by atoms with Crippen LogP contribution in [0.4, 0.5) is 0 Å². The number of aryl methyl sites for hydroxylation is 2. The molecule has 0 radical (unpaired) electrons. The first kappa shape index (κ1) is 9.71. The van der Waals surface area contributed by atoms with Crippen molar-refractivity contribution in [2.45, 2.75) is 6.92 Å². The van der Waals surface area contributed by atoms with Crippen LogP contribution in [0.15, 0.2) is 23.1 Å². The van der Waals surface area contributed by atoms with Crippen LogP contribution in [-0.4, -0.2) is 14.9 Å². The Labute approximate surface area is 86.7 Å². The van der Waals surface area contributed by atoms with Crippen LogP contribution >= 0.6 is 0 Å². The topological polar surface area (TPSA) is 44.0 Å². The minimum atomic E-state index is -0.0810. The quantitative estimate of drug-likeness (QED) is 0.652. The van der Waals surface area contributed by atoms with Gasteiger partial charge in [0.25, 0.3) is 5.56 Å². The molecule has 0 saturated heterocycles. The SMILES string of the molecule is CC(=O)c1cc2ccn(C)c(=O)c2n1C. The van der Waals surface area contributed by atoms with E-state index in [1.54, 1.807) is 30.9 Å². The van der Waals surface area contributed by atoms with Gasteiger partial charge in [-0.2, -0.15) is 0 Å². The van der Waals surface area contributed by atoms with Gasteiger partial charge in [-0.3, -0.25) is 9.59 Å². The van der Waals surface area contributed by atoms with Gasteiger partial charge in [0.1, 0.15) is 5.52 Å². The summed E-state index contributed by atoms with van der Waals surface area (Å²) in [5.74, 6) is -0.0317. The van der Waals surface area contributed by atoms with E-state index < -0.39 is 0 Å². The van der Waals surface area contributed by atoms with Crippen LogP contribution in [0.3, 0.4) is 0 Å². The maximum Gasteiger partial charge on any atom is 0.274 e. The van der Waals surface area contributed by atoms with E-state index in [2.05, 4.69) is 0 Å². The number of Topliss-reactive ketones (excluding diaryl/α,β-unsaturated/α-hetero) is 1.